The zero-order valence-electron chi connectivity index (χ0n) is 25.0. The summed E-state index contributed by atoms with van der Waals surface area (Å²) in [6.07, 6.45) is 0. The first-order valence-electron chi connectivity index (χ1n) is 14.5. The van der Waals surface area contributed by atoms with Crippen molar-refractivity contribution in [3.8, 4) is 23.3 Å². The number of rotatable bonds is 6. The van der Waals surface area contributed by atoms with Gasteiger partial charge in [0.25, 0.3) is 0 Å². The smallest absolute Gasteiger partial charge is 0.134 e. The zero-order chi connectivity index (χ0) is 29.8. The molecule has 1 aliphatic heterocycles. The van der Waals surface area contributed by atoms with Crippen LogP contribution in [0.2, 0.25) is 13.1 Å². The van der Waals surface area contributed by atoms with Gasteiger partial charge in [0.1, 0.15) is 19.6 Å². The van der Waals surface area contributed by atoms with Crippen LogP contribution in [0.15, 0.2) is 133 Å². The second-order valence-electron chi connectivity index (χ2n) is 11.1. The molecule has 43 heavy (non-hydrogen) atoms. The summed E-state index contributed by atoms with van der Waals surface area (Å²) in [5, 5.41) is 2.92. The maximum Gasteiger partial charge on any atom is 0.134 e. The summed E-state index contributed by atoms with van der Waals surface area (Å²) >= 11 is 0. The molecule has 0 aromatic heterocycles. The van der Waals surface area contributed by atoms with Gasteiger partial charge in [0.2, 0.25) is 0 Å². The van der Waals surface area contributed by atoms with Crippen molar-refractivity contribution >= 4 is 29.6 Å². The fraction of sp³-hybridized carbons (Fsp3) is 0.100. The molecule has 2 nitrogen and oxygen atoms in total. The molecule has 0 saturated heterocycles. The molecule has 0 unspecified atom stereocenters. The summed E-state index contributed by atoms with van der Waals surface area (Å²) < 4.78 is 10.9. The first-order chi connectivity index (χ1) is 21.0. The maximum absolute atomic E-state index is 5.53. The van der Waals surface area contributed by atoms with Crippen LogP contribution < -0.4 is 9.47 Å². The summed E-state index contributed by atoms with van der Waals surface area (Å²) in [6.45, 7) is 4.98. The lowest BCUT2D eigenvalue weighted by molar-refractivity contribution is 0.402. The summed E-state index contributed by atoms with van der Waals surface area (Å²) in [6, 6.07) is 47.1. The van der Waals surface area contributed by atoms with Crippen LogP contribution in [0, 0.1) is 11.8 Å². The van der Waals surface area contributed by atoms with Crippen LogP contribution in [-0.2, 0) is 0 Å². The number of benzene rings is 5. The minimum atomic E-state index is -2.19. The van der Waals surface area contributed by atoms with Crippen LogP contribution in [0.25, 0.3) is 21.5 Å². The molecule has 0 atom stereocenters. The molecule has 0 aliphatic carbocycles. The van der Waals surface area contributed by atoms with Gasteiger partial charge in [0.15, 0.2) is 0 Å². The Kier molecular flexibility index (Phi) is 7.88. The molecule has 3 heteroatoms. The Morgan fingerprint density at radius 3 is 1.47 bits per heavy atom. The third-order valence-corrected chi connectivity index (χ3v) is 11.7. The third-order valence-electron chi connectivity index (χ3n) is 8.11. The van der Waals surface area contributed by atoms with Crippen molar-refractivity contribution in [3.05, 3.63) is 167 Å². The van der Waals surface area contributed by atoms with E-state index >= 15 is 0 Å². The van der Waals surface area contributed by atoms with Crippen molar-refractivity contribution in [2.45, 2.75) is 13.1 Å². The van der Waals surface area contributed by atoms with Crippen molar-refractivity contribution in [3.63, 3.8) is 0 Å². The lowest BCUT2D eigenvalue weighted by atomic mass is 9.89. The number of allylic oxidation sites excluding steroid dienone is 2. The Morgan fingerprint density at radius 2 is 0.977 bits per heavy atom. The number of methoxy groups -OCH3 is 2. The predicted octanol–water partition coefficient (Wildman–Crippen LogP) is 9.43. The molecule has 0 radical (unpaired) electrons. The standard InChI is InChI=1S/C40H34O2Si/c1-41-35-26-27-36(42-2)34(28-35)25-22-29-20-23-33(24-21-29)40-38(31-16-10-6-11-17-31)37(30-14-8-5-9-15-30)39(43(40,3)4)32-18-12-7-13-19-32/h5-21,23-24,26-28H,1-4H3. The fourth-order valence-corrected chi connectivity index (χ4v) is 9.99. The van der Waals surface area contributed by atoms with Crippen LogP contribution >= 0.6 is 0 Å². The van der Waals surface area contributed by atoms with E-state index in [0.717, 1.165) is 22.6 Å². The average Bonchev–Trinajstić information content (AvgIpc) is 3.32. The van der Waals surface area contributed by atoms with Gasteiger partial charge in [-0.05, 0) is 74.1 Å². The molecule has 0 fully saturated rings. The van der Waals surface area contributed by atoms with Gasteiger partial charge in [0.05, 0.1) is 19.8 Å². The topological polar surface area (TPSA) is 18.5 Å². The highest BCUT2D eigenvalue weighted by molar-refractivity contribution is 7.13. The van der Waals surface area contributed by atoms with Crippen molar-refractivity contribution in [1.82, 2.24) is 0 Å². The van der Waals surface area contributed by atoms with E-state index in [1.54, 1.807) is 14.2 Å². The minimum absolute atomic E-state index is 0.731. The van der Waals surface area contributed by atoms with Gasteiger partial charge in [-0.25, -0.2) is 0 Å². The molecule has 0 bridgehead atoms. The lowest BCUT2D eigenvalue weighted by Gasteiger charge is -2.26. The van der Waals surface area contributed by atoms with E-state index in [0.29, 0.717) is 0 Å². The summed E-state index contributed by atoms with van der Waals surface area (Å²) in [5.41, 5.74) is 9.49. The highest BCUT2D eigenvalue weighted by atomic mass is 28.3. The fourth-order valence-electron chi connectivity index (χ4n) is 6.17. The van der Waals surface area contributed by atoms with E-state index in [2.05, 4.69) is 140 Å². The molecule has 6 rings (SSSR count). The Hall–Kier alpha value is -5.04. The first-order valence-corrected chi connectivity index (χ1v) is 17.5. The molecule has 0 amide bonds. The van der Waals surface area contributed by atoms with E-state index in [1.165, 1.54) is 43.8 Å². The van der Waals surface area contributed by atoms with Gasteiger partial charge in [-0.1, -0.05) is 128 Å². The number of ether oxygens (including phenoxy) is 2. The third kappa shape index (κ3) is 5.46. The summed E-state index contributed by atoms with van der Waals surface area (Å²) in [7, 11) is 1.13. The second kappa shape index (κ2) is 12.1. The van der Waals surface area contributed by atoms with Crippen molar-refractivity contribution < 1.29 is 9.47 Å². The SMILES string of the molecule is COc1ccc(OC)c(C#Cc2ccc(C3=C(c4ccccc4)C(c4ccccc4)=C(c4ccccc4)[Si]3(C)C)cc2)c1. The maximum atomic E-state index is 5.53. The summed E-state index contributed by atoms with van der Waals surface area (Å²) in [4.78, 5) is 0. The normalized spacial score (nSPS) is 13.9. The van der Waals surface area contributed by atoms with E-state index < -0.39 is 8.07 Å². The van der Waals surface area contributed by atoms with Gasteiger partial charge < -0.3 is 9.47 Å². The average molecular weight is 575 g/mol. The van der Waals surface area contributed by atoms with Crippen LogP contribution in [-0.4, -0.2) is 22.3 Å². The number of hydrogen-bond donors (Lipinski definition) is 0. The van der Waals surface area contributed by atoms with Crippen LogP contribution in [0.1, 0.15) is 33.4 Å². The van der Waals surface area contributed by atoms with Crippen LogP contribution in [0.3, 0.4) is 0 Å². The molecule has 5 aromatic carbocycles. The Bertz CT molecular complexity index is 1870. The van der Waals surface area contributed by atoms with E-state index in [-0.39, 0.29) is 0 Å². The van der Waals surface area contributed by atoms with E-state index in [4.69, 9.17) is 9.47 Å². The molecular formula is C40H34O2Si. The largest absolute Gasteiger partial charge is 0.497 e. The van der Waals surface area contributed by atoms with Crippen molar-refractivity contribution in [1.29, 1.82) is 0 Å². The molecule has 210 valence electrons. The Morgan fingerprint density at radius 1 is 0.488 bits per heavy atom. The minimum Gasteiger partial charge on any atom is -0.497 e. The molecule has 5 aromatic rings. The summed E-state index contributed by atoms with van der Waals surface area (Å²) in [5.74, 6) is 8.11. The van der Waals surface area contributed by atoms with Gasteiger partial charge in [-0.15, -0.1) is 0 Å². The Balaban J connectivity index is 1.51. The quantitative estimate of drug-likeness (QED) is 0.149. The zero-order valence-corrected chi connectivity index (χ0v) is 26.0. The van der Waals surface area contributed by atoms with Gasteiger partial charge >= 0.3 is 0 Å². The van der Waals surface area contributed by atoms with Crippen molar-refractivity contribution in [2.24, 2.45) is 0 Å². The van der Waals surface area contributed by atoms with Crippen LogP contribution in [0.4, 0.5) is 0 Å². The van der Waals surface area contributed by atoms with Gasteiger partial charge in [-0.3, -0.25) is 0 Å². The van der Waals surface area contributed by atoms with E-state index in [1.807, 2.05) is 18.2 Å². The first kappa shape index (κ1) is 28.1. The monoisotopic (exact) mass is 574 g/mol. The van der Waals surface area contributed by atoms with Crippen molar-refractivity contribution in [2.75, 3.05) is 14.2 Å². The molecule has 0 N–H and O–H groups in total. The van der Waals surface area contributed by atoms with Gasteiger partial charge in [-0.2, -0.15) is 0 Å². The highest BCUT2D eigenvalue weighted by Gasteiger charge is 2.43. The number of hydrogen-bond acceptors (Lipinski definition) is 2. The van der Waals surface area contributed by atoms with Gasteiger partial charge in [0, 0.05) is 5.56 Å². The Labute approximate surface area is 256 Å². The predicted molar refractivity (Wildman–Crippen MR) is 182 cm³/mol. The molecular weight excluding hydrogens is 541 g/mol. The highest BCUT2D eigenvalue weighted by Crippen LogP contribution is 2.55. The molecule has 1 aliphatic rings. The lowest BCUT2D eigenvalue weighted by Crippen LogP contribution is -2.28. The second-order valence-corrected chi connectivity index (χ2v) is 15.4. The molecule has 1 heterocycles. The molecule has 0 spiro atoms. The molecule has 0 saturated carbocycles. The van der Waals surface area contributed by atoms with Crippen LogP contribution in [0.5, 0.6) is 11.5 Å². The van der Waals surface area contributed by atoms with E-state index in [9.17, 15) is 0 Å².